The Morgan fingerprint density at radius 1 is 1.12 bits per heavy atom. The maximum absolute atomic E-state index is 6.04. The van der Waals surface area contributed by atoms with E-state index in [1.54, 1.807) is 14.2 Å². The van der Waals surface area contributed by atoms with Crippen molar-refractivity contribution in [2.24, 2.45) is 4.99 Å². The predicted octanol–water partition coefficient (Wildman–Crippen LogP) is 3.48. The fourth-order valence-electron chi connectivity index (χ4n) is 3.72. The molecule has 0 amide bonds. The van der Waals surface area contributed by atoms with Gasteiger partial charge in [0.15, 0.2) is 17.5 Å². The van der Waals surface area contributed by atoms with Crippen LogP contribution in [-0.2, 0) is 6.42 Å². The second-order valence-electron chi connectivity index (χ2n) is 7.75. The number of rotatable bonds is 9. The molecule has 0 saturated carbocycles. The fraction of sp³-hybridized carbons (Fsp3) is 0.458. The second-order valence-corrected chi connectivity index (χ2v) is 7.75. The Kier molecular flexibility index (Phi) is 10.4. The summed E-state index contributed by atoms with van der Waals surface area (Å²) in [5, 5.41) is 6.77. The van der Waals surface area contributed by atoms with E-state index < -0.39 is 0 Å². The number of hydrogen-bond donors (Lipinski definition) is 2. The number of aliphatic imine (C=N–C) groups is 1. The summed E-state index contributed by atoms with van der Waals surface area (Å²) in [5.41, 5.74) is 2.38. The van der Waals surface area contributed by atoms with Crippen LogP contribution in [0.5, 0.6) is 17.2 Å². The van der Waals surface area contributed by atoms with Gasteiger partial charge >= 0.3 is 0 Å². The van der Waals surface area contributed by atoms with Gasteiger partial charge in [-0.2, -0.15) is 0 Å². The Labute approximate surface area is 208 Å². The normalized spacial score (nSPS) is 15.9. The van der Waals surface area contributed by atoms with Crippen LogP contribution in [0.4, 0.5) is 0 Å². The van der Waals surface area contributed by atoms with Gasteiger partial charge in [-0.1, -0.05) is 24.3 Å². The molecule has 2 N–H and O–H groups in total. The van der Waals surface area contributed by atoms with Gasteiger partial charge in [0.05, 0.1) is 33.4 Å². The Hall–Kier alpha value is -2.20. The molecule has 0 saturated heterocycles. The summed E-state index contributed by atoms with van der Waals surface area (Å²) in [6, 6.07) is 14.3. The number of fused-ring (bicyclic) bond motifs is 1. The van der Waals surface area contributed by atoms with Crippen LogP contribution in [0.1, 0.15) is 24.1 Å². The van der Waals surface area contributed by atoms with Gasteiger partial charge in [-0.15, -0.1) is 24.0 Å². The van der Waals surface area contributed by atoms with Crippen LogP contribution >= 0.6 is 24.0 Å². The number of para-hydroxylation sites is 1. The van der Waals surface area contributed by atoms with Crippen molar-refractivity contribution >= 4 is 29.9 Å². The highest BCUT2D eigenvalue weighted by Gasteiger charge is 2.22. The van der Waals surface area contributed by atoms with Gasteiger partial charge in [-0.05, 0) is 50.3 Å². The van der Waals surface area contributed by atoms with Crippen molar-refractivity contribution in [1.29, 1.82) is 0 Å². The lowest BCUT2D eigenvalue weighted by Gasteiger charge is -2.24. The molecule has 2 aromatic carbocycles. The zero-order chi connectivity index (χ0) is 22.2. The van der Waals surface area contributed by atoms with Gasteiger partial charge in [0.25, 0.3) is 0 Å². The quantitative estimate of drug-likeness (QED) is 0.281. The Balaban J connectivity index is 0.00000363. The molecule has 1 aliphatic rings. The molecule has 32 heavy (non-hydrogen) atoms. The summed E-state index contributed by atoms with van der Waals surface area (Å²) >= 11 is 0. The van der Waals surface area contributed by atoms with Crippen molar-refractivity contribution in [2.45, 2.75) is 25.5 Å². The molecular weight excluding hydrogens is 519 g/mol. The molecule has 8 heteroatoms. The number of benzene rings is 2. The van der Waals surface area contributed by atoms with Crippen molar-refractivity contribution in [1.82, 2.24) is 15.5 Å². The first-order valence-corrected chi connectivity index (χ1v) is 10.7. The standard InChI is InChI=1S/C24H34N4O3.HI/c1-6-25-24(26-15-19-13-18-9-7-8-10-21(18)31-19)27-16-20(28(2)3)17-11-12-22(29-4)23(14-17)30-5;/h7-12,14,19-20H,6,13,15-16H2,1-5H3,(H2,25,26,27);1H. The van der Waals surface area contributed by atoms with E-state index in [1.807, 2.05) is 24.3 Å². The number of ether oxygens (including phenoxy) is 3. The number of nitrogens with zero attached hydrogens (tertiary/aromatic N) is 2. The SMILES string of the molecule is CCNC(=NCC(c1ccc(OC)c(OC)c1)N(C)C)NCC1Cc2ccccc2O1.I. The monoisotopic (exact) mass is 554 g/mol. The molecule has 1 heterocycles. The topological polar surface area (TPSA) is 67.4 Å². The molecule has 1 aliphatic heterocycles. The minimum absolute atomic E-state index is 0. The lowest BCUT2D eigenvalue weighted by Crippen LogP contribution is -2.42. The summed E-state index contributed by atoms with van der Waals surface area (Å²) in [7, 11) is 7.41. The maximum Gasteiger partial charge on any atom is 0.191 e. The van der Waals surface area contributed by atoms with E-state index in [0.717, 1.165) is 41.7 Å². The Morgan fingerprint density at radius 3 is 2.53 bits per heavy atom. The lowest BCUT2D eigenvalue weighted by atomic mass is 10.1. The van der Waals surface area contributed by atoms with Gasteiger partial charge in [0.1, 0.15) is 11.9 Å². The smallest absolute Gasteiger partial charge is 0.191 e. The molecule has 2 unspecified atom stereocenters. The molecule has 0 aliphatic carbocycles. The van der Waals surface area contributed by atoms with Crippen LogP contribution in [-0.4, -0.2) is 64.9 Å². The van der Waals surface area contributed by atoms with Gasteiger partial charge < -0.3 is 29.7 Å². The van der Waals surface area contributed by atoms with E-state index in [-0.39, 0.29) is 36.1 Å². The van der Waals surface area contributed by atoms with Crippen LogP contribution in [0.25, 0.3) is 0 Å². The molecule has 3 rings (SSSR count). The van der Waals surface area contributed by atoms with Crippen molar-refractivity contribution in [2.75, 3.05) is 47.9 Å². The summed E-state index contributed by atoms with van der Waals surface area (Å²) in [6.07, 6.45) is 1.02. The summed E-state index contributed by atoms with van der Waals surface area (Å²) in [4.78, 5) is 7.00. The third kappa shape index (κ3) is 6.65. The van der Waals surface area contributed by atoms with Crippen molar-refractivity contribution < 1.29 is 14.2 Å². The molecular formula is C24H35IN4O3. The Bertz CT molecular complexity index is 866. The Morgan fingerprint density at radius 2 is 1.88 bits per heavy atom. The third-order valence-electron chi connectivity index (χ3n) is 5.39. The minimum Gasteiger partial charge on any atom is -0.493 e. The van der Waals surface area contributed by atoms with Gasteiger partial charge in [0, 0.05) is 13.0 Å². The number of hydrogen-bond acceptors (Lipinski definition) is 5. The van der Waals surface area contributed by atoms with Crippen molar-refractivity contribution in [3.05, 3.63) is 53.6 Å². The molecule has 2 aromatic rings. The lowest BCUT2D eigenvalue weighted by molar-refractivity contribution is 0.234. The van der Waals surface area contributed by atoms with E-state index in [9.17, 15) is 0 Å². The first-order chi connectivity index (χ1) is 15.0. The summed E-state index contributed by atoms with van der Waals surface area (Å²) in [5.74, 6) is 3.21. The second kappa shape index (κ2) is 12.7. The summed E-state index contributed by atoms with van der Waals surface area (Å²) in [6.45, 7) is 4.16. The van der Waals surface area contributed by atoms with Crippen LogP contribution in [0.2, 0.25) is 0 Å². The van der Waals surface area contributed by atoms with E-state index >= 15 is 0 Å². The largest absolute Gasteiger partial charge is 0.493 e. The average Bonchev–Trinajstić information content (AvgIpc) is 3.20. The van der Waals surface area contributed by atoms with Crippen LogP contribution in [0.15, 0.2) is 47.5 Å². The first-order valence-electron chi connectivity index (χ1n) is 10.7. The fourth-order valence-corrected chi connectivity index (χ4v) is 3.72. The summed E-state index contributed by atoms with van der Waals surface area (Å²) < 4.78 is 16.9. The number of nitrogens with one attached hydrogen (secondary N) is 2. The minimum atomic E-state index is 0. The average molecular weight is 554 g/mol. The van der Waals surface area contributed by atoms with Crippen LogP contribution in [0, 0.1) is 0 Å². The highest BCUT2D eigenvalue weighted by Crippen LogP contribution is 2.31. The molecule has 0 bridgehead atoms. The number of guanidine groups is 1. The van der Waals surface area contributed by atoms with E-state index in [0.29, 0.717) is 13.1 Å². The molecule has 176 valence electrons. The maximum atomic E-state index is 6.04. The van der Waals surface area contributed by atoms with Gasteiger partial charge in [-0.25, -0.2) is 0 Å². The van der Waals surface area contributed by atoms with Crippen LogP contribution in [0.3, 0.4) is 0 Å². The predicted molar refractivity (Wildman–Crippen MR) is 140 cm³/mol. The zero-order valence-corrected chi connectivity index (χ0v) is 21.9. The number of halogens is 1. The van der Waals surface area contributed by atoms with Crippen molar-refractivity contribution in [3.8, 4) is 17.2 Å². The molecule has 0 fully saturated rings. The molecule has 0 radical (unpaired) electrons. The number of methoxy groups -OCH3 is 2. The van der Waals surface area contributed by atoms with E-state index in [4.69, 9.17) is 19.2 Å². The molecule has 2 atom stereocenters. The van der Waals surface area contributed by atoms with Crippen molar-refractivity contribution in [3.63, 3.8) is 0 Å². The van der Waals surface area contributed by atoms with Crippen LogP contribution < -0.4 is 24.8 Å². The number of likely N-dealkylation sites (N-methyl/N-ethyl adjacent to an activating group) is 1. The van der Waals surface area contributed by atoms with Gasteiger partial charge in [-0.3, -0.25) is 4.99 Å². The highest BCUT2D eigenvalue weighted by atomic mass is 127. The van der Waals surface area contributed by atoms with E-state index in [1.165, 1.54) is 5.56 Å². The third-order valence-corrected chi connectivity index (χ3v) is 5.39. The highest BCUT2D eigenvalue weighted by molar-refractivity contribution is 14.0. The molecule has 0 spiro atoms. The molecule has 0 aromatic heterocycles. The molecule has 7 nitrogen and oxygen atoms in total. The van der Waals surface area contributed by atoms with E-state index in [2.05, 4.69) is 54.8 Å². The zero-order valence-electron chi connectivity index (χ0n) is 19.6. The van der Waals surface area contributed by atoms with Gasteiger partial charge in [0.2, 0.25) is 0 Å². The first kappa shape index (κ1) is 26.1.